The Morgan fingerprint density at radius 3 is 2.74 bits per heavy atom. The minimum absolute atomic E-state index is 0.0302. The van der Waals surface area contributed by atoms with Crippen LogP contribution in [0.4, 0.5) is 5.69 Å². The Kier molecular flexibility index (Phi) is 4.58. The van der Waals surface area contributed by atoms with Crippen molar-refractivity contribution in [2.24, 2.45) is 0 Å². The summed E-state index contributed by atoms with van der Waals surface area (Å²) in [6.45, 7) is 2.47. The highest BCUT2D eigenvalue weighted by molar-refractivity contribution is 6.30. The molecule has 6 nitrogen and oxygen atoms in total. The van der Waals surface area contributed by atoms with E-state index in [1.165, 1.54) is 0 Å². The second-order valence-electron chi connectivity index (χ2n) is 6.52. The summed E-state index contributed by atoms with van der Waals surface area (Å²) in [5.41, 5.74) is 2.68. The van der Waals surface area contributed by atoms with Crippen LogP contribution in [0.15, 0.2) is 47.0 Å². The number of hydrogen-bond donors (Lipinski definition) is 0. The highest BCUT2D eigenvalue weighted by atomic mass is 35.5. The summed E-state index contributed by atoms with van der Waals surface area (Å²) in [4.78, 5) is 18.9. The van der Waals surface area contributed by atoms with Crippen molar-refractivity contribution < 1.29 is 14.1 Å². The first-order valence-corrected chi connectivity index (χ1v) is 8.97. The van der Waals surface area contributed by atoms with Gasteiger partial charge in [0.25, 0.3) is 0 Å². The molecular weight excluding hydrogens is 366 g/mol. The van der Waals surface area contributed by atoms with Crippen molar-refractivity contribution >= 4 is 23.2 Å². The Balaban J connectivity index is 1.57. The van der Waals surface area contributed by atoms with Crippen LogP contribution < -0.4 is 9.64 Å². The van der Waals surface area contributed by atoms with Gasteiger partial charge in [0.05, 0.1) is 18.7 Å². The van der Waals surface area contributed by atoms with E-state index in [1.54, 1.807) is 24.1 Å². The zero-order chi connectivity index (χ0) is 19.0. The molecule has 2 heterocycles. The maximum Gasteiger partial charge on any atom is 0.232 e. The zero-order valence-corrected chi connectivity index (χ0v) is 15.7. The number of aryl methyl sites for hydroxylation is 1. The summed E-state index contributed by atoms with van der Waals surface area (Å²) < 4.78 is 10.7. The van der Waals surface area contributed by atoms with Crippen LogP contribution in [0.3, 0.4) is 0 Å². The van der Waals surface area contributed by atoms with Crippen LogP contribution in [0.2, 0.25) is 5.02 Å². The smallest absolute Gasteiger partial charge is 0.232 e. The Bertz CT molecular complexity index is 984. The predicted octanol–water partition coefficient (Wildman–Crippen LogP) is 4.23. The van der Waals surface area contributed by atoms with E-state index in [4.69, 9.17) is 20.9 Å². The number of halogens is 1. The molecular formula is C20H18ClN3O3. The van der Waals surface area contributed by atoms with E-state index in [0.717, 1.165) is 22.6 Å². The minimum atomic E-state index is -0.142. The fourth-order valence-electron chi connectivity index (χ4n) is 3.23. The number of benzene rings is 2. The predicted molar refractivity (Wildman–Crippen MR) is 102 cm³/mol. The van der Waals surface area contributed by atoms with Gasteiger partial charge in [-0.05, 0) is 42.8 Å². The zero-order valence-electron chi connectivity index (χ0n) is 15.0. The van der Waals surface area contributed by atoms with E-state index in [1.807, 2.05) is 37.3 Å². The normalized spacial score (nSPS) is 16.8. The Labute approximate surface area is 161 Å². The summed E-state index contributed by atoms with van der Waals surface area (Å²) in [5.74, 6) is 1.57. The molecule has 1 aliphatic rings. The maximum absolute atomic E-state index is 12.6. The molecule has 1 saturated heterocycles. The summed E-state index contributed by atoms with van der Waals surface area (Å²) >= 11 is 5.92. The molecule has 1 unspecified atom stereocenters. The molecule has 0 aliphatic carbocycles. The third kappa shape index (κ3) is 3.40. The van der Waals surface area contributed by atoms with Gasteiger partial charge in [-0.15, -0.1) is 0 Å². The van der Waals surface area contributed by atoms with Gasteiger partial charge in [0.1, 0.15) is 5.75 Å². The summed E-state index contributed by atoms with van der Waals surface area (Å²) in [5, 5.41) is 4.70. The standard InChI is InChI=1S/C20H18ClN3O3/c1-12-3-8-16(26-2)10-17(12)24-11-14(9-18(24)25)20-22-19(23-27-20)13-4-6-15(21)7-5-13/h3-8,10,14H,9,11H2,1-2H3. The van der Waals surface area contributed by atoms with Crippen LogP contribution in [-0.4, -0.2) is 29.7 Å². The highest BCUT2D eigenvalue weighted by Crippen LogP contribution is 2.35. The topological polar surface area (TPSA) is 68.5 Å². The molecule has 0 radical (unpaired) electrons. The van der Waals surface area contributed by atoms with Crippen molar-refractivity contribution in [1.29, 1.82) is 0 Å². The van der Waals surface area contributed by atoms with Crippen LogP contribution in [0.5, 0.6) is 5.75 Å². The van der Waals surface area contributed by atoms with Gasteiger partial charge in [-0.1, -0.05) is 22.8 Å². The fourth-order valence-corrected chi connectivity index (χ4v) is 3.36. The third-order valence-corrected chi connectivity index (χ3v) is 4.98. The van der Waals surface area contributed by atoms with Crippen molar-refractivity contribution in [3.05, 3.63) is 58.9 Å². The number of ether oxygens (including phenoxy) is 1. The number of carbonyl (C=O) groups is 1. The molecule has 0 saturated carbocycles. The van der Waals surface area contributed by atoms with Gasteiger partial charge in [-0.3, -0.25) is 4.79 Å². The quantitative estimate of drug-likeness (QED) is 0.674. The average Bonchev–Trinajstić information content (AvgIpc) is 3.30. The monoisotopic (exact) mass is 383 g/mol. The first-order chi connectivity index (χ1) is 13.0. The second kappa shape index (κ2) is 7.04. The SMILES string of the molecule is COc1ccc(C)c(N2CC(c3nc(-c4ccc(Cl)cc4)no3)CC2=O)c1. The van der Waals surface area contributed by atoms with E-state index in [2.05, 4.69) is 10.1 Å². The molecule has 7 heteroatoms. The number of anilines is 1. The van der Waals surface area contributed by atoms with Gasteiger partial charge in [0.15, 0.2) is 0 Å². The average molecular weight is 384 g/mol. The number of carbonyl (C=O) groups excluding carboxylic acids is 1. The third-order valence-electron chi connectivity index (χ3n) is 4.73. The van der Waals surface area contributed by atoms with E-state index >= 15 is 0 Å². The lowest BCUT2D eigenvalue weighted by molar-refractivity contribution is -0.117. The highest BCUT2D eigenvalue weighted by Gasteiger charge is 2.35. The second-order valence-corrected chi connectivity index (χ2v) is 6.96. The maximum atomic E-state index is 12.6. The number of methoxy groups -OCH3 is 1. The van der Waals surface area contributed by atoms with Gasteiger partial charge >= 0.3 is 0 Å². The van der Waals surface area contributed by atoms with Crippen LogP contribution in [0.25, 0.3) is 11.4 Å². The molecule has 1 aliphatic heterocycles. The van der Waals surface area contributed by atoms with Gasteiger partial charge in [0.2, 0.25) is 17.6 Å². The number of nitrogens with zero attached hydrogens (tertiary/aromatic N) is 3. The van der Waals surface area contributed by atoms with Gasteiger partial charge in [-0.25, -0.2) is 0 Å². The summed E-state index contributed by atoms with van der Waals surface area (Å²) in [6.07, 6.45) is 0.332. The van der Waals surface area contributed by atoms with E-state index in [9.17, 15) is 4.79 Å². The molecule has 27 heavy (non-hydrogen) atoms. The first kappa shape index (κ1) is 17.5. The summed E-state index contributed by atoms with van der Waals surface area (Å²) in [7, 11) is 1.61. The number of hydrogen-bond acceptors (Lipinski definition) is 5. The molecule has 1 aromatic heterocycles. The van der Waals surface area contributed by atoms with Crippen molar-refractivity contribution in [1.82, 2.24) is 10.1 Å². The first-order valence-electron chi connectivity index (χ1n) is 8.59. The van der Waals surface area contributed by atoms with Crippen molar-refractivity contribution in [2.45, 2.75) is 19.3 Å². The summed E-state index contributed by atoms with van der Waals surface area (Å²) in [6, 6.07) is 12.9. The van der Waals surface area contributed by atoms with Crippen LogP contribution >= 0.6 is 11.6 Å². The van der Waals surface area contributed by atoms with Crippen molar-refractivity contribution in [3.63, 3.8) is 0 Å². The molecule has 1 amide bonds. The molecule has 0 spiro atoms. The van der Waals surface area contributed by atoms with Gasteiger partial charge in [0, 0.05) is 29.6 Å². The molecule has 3 aromatic rings. The molecule has 1 fully saturated rings. The van der Waals surface area contributed by atoms with E-state index in [0.29, 0.717) is 29.7 Å². The number of aromatic nitrogens is 2. The molecule has 1 atom stereocenters. The number of amides is 1. The van der Waals surface area contributed by atoms with Crippen LogP contribution in [0.1, 0.15) is 23.8 Å². The van der Waals surface area contributed by atoms with E-state index in [-0.39, 0.29) is 11.8 Å². The van der Waals surface area contributed by atoms with Gasteiger partial charge < -0.3 is 14.2 Å². The van der Waals surface area contributed by atoms with Crippen LogP contribution in [-0.2, 0) is 4.79 Å². The lowest BCUT2D eigenvalue weighted by Gasteiger charge is -2.19. The largest absolute Gasteiger partial charge is 0.497 e. The lowest BCUT2D eigenvalue weighted by Crippen LogP contribution is -2.25. The van der Waals surface area contributed by atoms with E-state index < -0.39 is 0 Å². The molecule has 4 rings (SSSR count). The molecule has 0 bridgehead atoms. The fraction of sp³-hybridized carbons (Fsp3) is 0.250. The Hall–Kier alpha value is -2.86. The minimum Gasteiger partial charge on any atom is -0.497 e. The van der Waals surface area contributed by atoms with Crippen molar-refractivity contribution in [3.8, 4) is 17.1 Å². The Morgan fingerprint density at radius 2 is 2.00 bits per heavy atom. The molecule has 2 aromatic carbocycles. The van der Waals surface area contributed by atoms with Gasteiger partial charge in [-0.2, -0.15) is 4.98 Å². The lowest BCUT2D eigenvalue weighted by atomic mass is 10.1. The van der Waals surface area contributed by atoms with Crippen LogP contribution in [0, 0.1) is 6.92 Å². The Morgan fingerprint density at radius 1 is 1.22 bits per heavy atom. The number of rotatable bonds is 4. The molecule has 0 N–H and O–H groups in total. The van der Waals surface area contributed by atoms with Crippen molar-refractivity contribution in [2.75, 3.05) is 18.6 Å². The molecule has 138 valence electrons.